The van der Waals surface area contributed by atoms with Crippen molar-refractivity contribution in [2.45, 2.75) is 20.8 Å². The first kappa shape index (κ1) is 47.6. The van der Waals surface area contributed by atoms with Crippen LogP contribution in [0.25, 0.3) is 5.43 Å². The second kappa shape index (κ2) is 26.3. The second-order valence-corrected chi connectivity index (χ2v) is 13.5. The summed E-state index contributed by atoms with van der Waals surface area (Å²) in [6.07, 6.45) is 12.2. The molecule has 1 fully saturated rings. The fraction of sp³-hybridized carbons (Fsp3) is 0.0566. The number of hydrogen-bond acceptors (Lipinski definition) is 0. The number of hydrogen-bond donors (Lipinski definition) is 0. The average Bonchev–Trinajstić information content (AvgIpc) is 3.90. The van der Waals surface area contributed by atoms with Crippen molar-refractivity contribution in [3.8, 4) is 0 Å². The quantitative estimate of drug-likeness (QED) is 0.0364. The van der Waals surface area contributed by atoms with Crippen LogP contribution in [0, 0.1) is 66.2 Å². The molecular weight excluding hydrogens is 894 g/mol. The van der Waals surface area contributed by atoms with Gasteiger partial charge in [-0.3, -0.25) is 0 Å². The molecule has 0 amide bonds. The molecule has 8 rings (SSSR count). The molecule has 0 atom stereocenters. The summed E-state index contributed by atoms with van der Waals surface area (Å²) in [5.74, 6) is 0. The largest absolute Gasteiger partial charge is 0.195 e. The van der Waals surface area contributed by atoms with Gasteiger partial charge in [-0.25, -0.2) is 0 Å². The van der Waals surface area contributed by atoms with Crippen molar-refractivity contribution < 1.29 is 34.4 Å². The van der Waals surface area contributed by atoms with Gasteiger partial charge in [0.25, 0.3) is 0 Å². The zero-order valence-electron chi connectivity index (χ0n) is 33.5. The summed E-state index contributed by atoms with van der Waals surface area (Å²) >= 11 is 0. The van der Waals surface area contributed by atoms with Crippen LogP contribution in [0.15, 0.2) is 194 Å². The van der Waals surface area contributed by atoms with Crippen molar-refractivity contribution in [1.29, 1.82) is 0 Å². The third kappa shape index (κ3) is 13.9. The Balaban J connectivity index is 0.000000258. The first-order valence-electron chi connectivity index (χ1n) is 19.0. The van der Waals surface area contributed by atoms with Gasteiger partial charge in [-0.15, -0.1) is 24.3 Å². The maximum Gasteiger partial charge on any atom is 0.108 e. The Bertz CT molecular complexity index is 2080. The summed E-state index contributed by atoms with van der Waals surface area (Å²) in [6.45, 7) is 15.2. The van der Waals surface area contributed by atoms with E-state index < -0.39 is 6.15 Å². The van der Waals surface area contributed by atoms with Crippen LogP contribution < -0.4 is 21.9 Å². The molecular formula is C53H46BN2O2Re-2. The minimum atomic E-state index is -1.22. The fourth-order valence-corrected chi connectivity index (χ4v) is 6.75. The van der Waals surface area contributed by atoms with E-state index in [0.29, 0.717) is 0 Å². The summed E-state index contributed by atoms with van der Waals surface area (Å²) in [6, 6.07) is 68.3. The predicted molar refractivity (Wildman–Crippen MR) is 240 cm³/mol. The molecule has 4 nitrogen and oxygen atoms in total. The SMILES string of the molecule is Cc1ccc([C-]=[N+]([N-]c2ccc(C)cc2)c2ccc(C)cc2)cc1.[C-]#[O+].[C-]#[O+].[CH]1[CH][CH][CH][CH]1.[Re].c1ccc([B-](c2ccccc2)(c2ccccc2)c2ccccc2)cc1. The summed E-state index contributed by atoms with van der Waals surface area (Å²) in [7, 11) is 0. The molecule has 0 bridgehead atoms. The molecule has 7 aromatic carbocycles. The van der Waals surface area contributed by atoms with E-state index >= 15 is 0 Å². The van der Waals surface area contributed by atoms with E-state index in [0.717, 1.165) is 16.9 Å². The van der Waals surface area contributed by atoms with E-state index in [4.69, 9.17) is 14.7 Å². The summed E-state index contributed by atoms with van der Waals surface area (Å²) in [5.41, 5.74) is 16.7. The molecule has 0 aliphatic heterocycles. The maximum absolute atomic E-state index is 7.50. The number of aryl methyl sites for hydroxylation is 3. The summed E-state index contributed by atoms with van der Waals surface area (Å²) in [5, 5.41) is 0. The minimum absolute atomic E-state index is 0. The van der Waals surface area contributed by atoms with Gasteiger partial charge >= 0.3 is 22.6 Å². The van der Waals surface area contributed by atoms with E-state index in [1.807, 2.05) is 48.9 Å². The Hall–Kier alpha value is -5.78. The van der Waals surface area contributed by atoms with E-state index in [9.17, 15) is 0 Å². The molecule has 0 spiro atoms. The number of benzene rings is 7. The minimum Gasteiger partial charge on any atom is -0.195 e. The fourth-order valence-electron chi connectivity index (χ4n) is 6.75. The molecule has 0 unspecified atom stereocenters. The van der Waals surface area contributed by atoms with Crippen LogP contribution in [0.1, 0.15) is 22.3 Å². The van der Waals surface area contributed by atoms with Crippen LogP contribution in [0.4, 0.5) is 11.4 Å². The van der Waals surface area contributed by atoms with Crippen LogP contribution >= 0.6 is 0 Å². The van der Waals surface area contributed by atoms with Gasteiger partial charge < -0.3 is 10.1 Å². The molecule has 6 heteroatoms. The Morgan fingerprint density at radius 1 is 0.407 bits per heavy atom. The molecule has 7 aromatic rings. The molecule has 292 valence electrons. The van der Waals surface area contributed by atoms with Crippen molar-refractivity contribution in [3.63, 3.8) is 0 Å². The van der Waals surface area contributed by atoms with Crippen molar-refractivity contribution in [1.82, 2.24) is 0 Å². The third-order valence-corrected chi connectivity index (χ3v) is 9.57. The van der Waals surface area contributed by atoms with Crippen LogP contribution in [0.5, 0.6) is 0 Å². The number of rotatable bonds is 8. The molecule has 0 N–H and O–H groups in total. The molecule has 6 radical (unpaired) electrons. The van der Waals surface area contributed by atoms with Gasteiger partial charge in [0, 0.05) is 20.4 Å². The van der Waals surface area contributed by atoms with Crippen LogP contribution in [0.2, 0.25) is 0 Å². The topological polar surface area (TPSA) is 56.9 Å². The average molecular weight is 940 g/mol. The van der Waals surface area contributed by atoms with Crippen LogP contribution in [0.3, 0.4) is 0 Å². The Kier molecular flexibility index (Phi) is 21.2. The van der Waals surface area contributed by atoms with E-state index in [1.54, 1.807) is 0 Å². The first-order valence-corrected chi connectivity index (χ1v) is 19.0. The molecule has 0 saturated heterocycles. The molecule has 1 aliphatic rings. The van der Waals surface area contributed by atoms with Gasteiger partial charge in [0.1, 0.15) is 18.0 Å². The molecule has 1 aliphatic carbocycles. The monoisotopic (exact) mass is 940 g/mol. The smallest absolute Gasteiger partial charge is 0.108 e. The molecule has 59 heavy (non-hydrogen) atoms. The normalized spacial score (nSPS) is 11.5. The Morgan fingerprint density at radius 2 is 0.695 bits per heavy atom. The van der Waals surface area contributed by atoms with E-state index in [-0.39, 0.29) is 20.4 Å². The number of nitrogens with zero attached hydrogens (tertiary/aromatic N) is 2. The summed E-state index contributed by atoms with van der Waals surface area (Å²) in [4.78, 5) is 0. The Labute approximate surface area is 366 Å². The van der Waals surface area contributed by atoms with Gasteiger partial charge in [-0.05, 0) is 65.0 Å². The standard InChI is InChI=1S/C24H20B.C22H21N2.C5H5.2CO.Re/c1-5-13-21(14-6-1)25(22-15-7-2-8-16-22,23-17-9-3-10-18-23)24-19-11-4-12-20-24;1-17-4-10-20(11-5-17)16-24(22-14-8-19(3)9-15-22)23-21-12-6-18(2)7-13-21;1-2-4-5-3-1;2*1-2;/h1-20H;4-15H,1-3H3;1-5H;;;/q2*-1;;;;. The van der Waals surface area contributed by atoms with Crippen molar-refractivity contribution in [2.24, 2.45) is 0 Å². The molecule has 1 saturated carbocycles. The van der Waals surface area contributed by atoms with Gasteiger partial charge in [-0.2, -0.15) is 21.9 Å². The van der Waals surface area contributed by atoms with Crippen molar-refractivity contribution in [2.75, 3.05) is 0 Å². The maximum atomic E-state index is 7.50. The Morgan fingerprint density at radius 3 is 1.02 bits per heavy atom. The zero-order chi connectivity index (χ0) is 41.4. The van der Waals surface area contributed by atoms with Crippen molar-refractivity contribution >= 4 is 45.6 Å². The van der Waals surface area contributed by atoms with Gasteiger partial charge in [0.2, 0.25) is 0 Å². The first-order chi connectivity index (χ1) is 28.5. The second-order valence-electron chi connectivity index (χ2n) is 13.5. The van der Waals surface area contributed by atoms with Crippen molar-refractivity contribution in [3.05, 3.63) is 267 Å². The summed E-state index contributed by atoms with van der Waals surface area (Å²) < 4.78 is 16.8. The van der Waals surface area contributed by atoms with Crippen LogP contribution in [-0.2, 0) is 29.7 Å². The van der Waals surface area contributed by atoms with E-state index in [1.165, 1.54) is 38.5 Å². The van der Waals surface area contributed by atoms with Gasteiger partial charge in [0.05, 0.1) is 0 Å². The zero-order valence-corrected chi connectivity index (χ0v) is 36.2. The van der Waals surface area contributed by atoms with Crippen LogP contribution in [-0.4, -0.2) is 17.0 Å². The molecule has 0 aromatic heterocycles. The van der Waals surface area contributed by atoms with Gasteiger partial charge in [-0.1, -0.05) is 186 Å². The molecule has 0 heterocycles. The third-order valence-electron chi connectivity index (χ3n) is 9.57. The van der Waals surface area contributed by atoms with E-state index in [2.05, 4.69) is 222 Å². The van der Waals surface area contributed by atoms with Gasteiger partial charge in [0.15, 0.2) is 0 Å². The predicted octanol–water partition coefficient (Wildman–Crippen LogP) is 9.88.